The van der Waals surface area contributed by atoms with E-state index in [0.29, 0.717) is 5.41 Å². The van der Waals surface area contributed by atoms with Crippen molar-refractivity contribution in [3.05, 3.63) is 12.3 Å². The zero-order valence-electron chi connectivity index (χ0n) is 8.38. The highest BCUT2D eigenvalue weighted by Crippen LogP contribution is 2.44. The Morgan fingerprint density at radius 1 is 1.31 bits per heavy atom. The summed E-state index contributed by atoms with van der Waals surface area (Å²) in [5, 5.41) is 7.24. The van der Waals surface area contributed by atoms with Gasteiger partial charge in [-0.1, -0.05) is 19.9 Å². The average molecular weight is 178 g/mol. The lowest BCUT2D eigenvalue weighted by Crippen LogP contribution is -2.50. The molecule has 13 heavy (non-hydrogen) atoms. The van der Waals surface area contributed by atoms with Crippen molar-refractivity contribution in [1.82, 2.24) is 10.6 Å². The molecule has 0 aromatic carbocycles. The number of piperidine rings is 1. The van der Waals surface area contributed by atoms with Crippen molar-refractivity contribution in [3.63, 3.8) is 0 Å². The van der Waals surface area contributed by atoms with E-state index >= 15 is 0 Å². The summed E-state index contributed by atoms with van der Waals surface area (Å²) in [6.45, 7) is 4.80. The maximum atomic E-state index is 3.76. The van der Waals surface area contributed by atoms with Gasteiger partial charge in [0.1, 0.15) is 0 Å². The molecule has 0 aromatic heterocycles. The van der Waals surface area contributed by atoms with Gasteiger partial charge in [0.05, 0.1) is 0 Å². The fourth-order valence-corrected chi connectivity index (χ4v) is 3.32. The van der Waals surface area contributed by atoms with Crippen molar-refractivity contribution < 1.29 is 0 Å². The van der Waals surface area contributed by atoms with E-state index < -0.39 is 0 Å². The SMILES string of the molecule is CC1(C)C[C@H]2NC1C[C@H]1NC=C[C@@H]12. The van der Waals surface area contributed by atoms with Gasteiger partial charge in [-0.3, -0.25) is 0 Å². The first-order chi connectivity index (χ1) is 6.17. The normalized spacial score (nSPS) is 50.3. The van der Waals surface area contributed by atoms with E-state index in [2.05, 4.69) is 36.8 Å². The monoisotopic (exact) mass is 178 g/mol. The van der Waals surface area contributed by atoms with Crippen LogP contribution in [0.4, 0.5) is 0 Å². The molecule has 0 spiro atoms. The molecule has 72 valence electrons. The second kappa shape index (κ2) is 2.30. The van der Waals surface area contributed by atoms with Crippen molar-refractivity contribution in [2.75, 3.05) is 0 Å². The van der Waals surface area contributed by atoms with E-state index in [1.54, 1.807) is 0 Å². The minimum absolute atomic E-state index is 0.504. The Balaban J connectivity index is 1.90. The van der Waals surface area contributed by atoms with E-state index in [1.807, 2.05) is 0 Å². The molecule has 0 radical (unpaired) electrons. The van der Waals surface area contributed by atoms with Gasteiger partial charge >= 0.3 is 0 Å². The molecule has 2 nitrogen and oxygen atoms in total. The van der Waals surface area contributed by atoms with Gasteiger partial charge in [-0.2, -0.15) is 0 Å². The van der Waals surface area contributed by atoms with Crippen LogP contribution < -0.4 is 10.6 Å². The fraction of sp³-hybridized carbons (Fsp3) is 0.818. The summed E-state index contributed by atoms with van der Waals surface area (Å²) < 4.78 is 0. The van der Waals surface area contributed by atoms with Crippen LogP contribution in [-0.2, 0) is 0 Å². The minimum Gasteiger partial charge on any atom is -0.388 e. The molecule has 0 amide bonds. The lowest BCUT2D eigenvalue weighted by molar-refractivity contribution is 0.250. The summed E-state index contributed by atoms with van der Waals surface area (Å²) in [7, 11) is 0. The Bertz CT molecular complexity index is 257. The van der Waals surface area contributed by atoms with Crippen LogP contribution in [0.5, 0.6) is 0 Å². The molecule has 2 bridgehead atoms. The first-order valence-electron chi connectivity index (χ1n) is 5.36. The lowest BCUT2D eigenvalue weighted by atomic mass is 9.83. The first kappa shape index (κ1) is 7.86. The van der Waals surface area contributed by atoms with Crippen molar-refractivity contribution in [2.45, 2.75) is 44.8 Å². The summed E-state index contributed by atoms with van der Waals surface area (Å²) >= 11 is 0. The molecule has 0 aromatic rings. The van der Waals surface area contributed by atoms with Crippen molar-refractivity contribution in [3.8, 4) is 0 Å². The van der Waals surface area contributed by atoms with E-state index in [-0.39, 0.29) is 0 Å². The van der Waals surface area contributed by atoms with Gasteiger partial charge < -0.3 is 10.6 Å². The molecule has 2 saturated heterocycles. The minimum atomic E-state index is 0.504. The summed E-state index contributed by atoms with van der Waals surface area (Å²) in [6, 6.07) is 2.18. The van der Waals surface area contributed by atoms with Crippen molar-refractivity contribution >= 4 is 0 Å². The Morgan fingerprint density at radius 2 is 2.15 bits per heavy atom. The zero-order chi connectivity index (χ0) is 9.05. The van der Waals surface area contributed by atoms with Crippen LogP contribution in [0.1, 0.15) is 26.7 Å². The van der Waals surface area contributed by atoms with Crippen LogP contribution in [0.2, 0.25) is 0 Å². The van der Waals surface area contributed by atoms with E-state index in [4.69, 9.17) is 0 Å². The molecule has 3 aliphatic heterocycles. The maximum Gasteiger partial charge on any atom is 0.0348 e. The Morgan fingerprint density at radius 3 is 3.00 bits per heavy atom. The molecule has 3 heterocycles. The van der Waals surface area contributed by atoms with Gasteiger partial charge in [0, 0.05) is 24.0 Å². The number of hydrogen-bond acceptors (Lipinski definition) is 2. The highest BCUT2D eigenvalue weighted by Gasteiger charge is 2.50. The standard InChI is InChI=1S/C11H18N2/c1-11(2)6-9-7-3-4-12-8(7)5-10(11)13-9/h3-4,7-10,12-13H,5-6H2,1-2H3/t7-,8+,9+,10?/m0/s1. The maximum absolute atomic E-state index is 3.76. The van der Waals surface area contributed by atoms with Gasteiger partial charge in [-0.05, 0) is 24.5 Å². The molecule has 3 rings (SSSR count). The number of hydrogen-bond donors (Lipinski definition) is 2. The highest BCUT2D eigenvalue weighted by molar-refractivity contribution is 5.16. The zero-order valence-corrected chi connectivity index (χ0v) is 8.38. The summed E-state index contributed by atoms with van der Waals surface area (Å²) in [6.07, 6.45) is 7.12. The molecule has 4 atom stereocenters. The highest BCUT2D eigenvalue weighted by atomic mass is 15.1. The third-order valence-electron chi connectivity index (χ3n) is 4.15. The predicted octanol–water partition coefficient (Wildman–Crippen LogP) is 1.25. The number of fused-ring (bicyclic) bond motifs is 4. The van der Waals surface area contributed by atoms with Gasteiger partial charge in [0.2, 0.25) is 0 Å². The largest absolute Gasteiger partial charge is 0.388 e. The molecule has 1 unspecified atom stereocenters. The third-order valence-corrected chi connectivity index (χ3v) is 4.15. The molecule has 2 fully saturated rings. The Hall–Kier alpha value is -0.500. The summed E-state index contributed by atoms with van der Waals surface area (Å²) in [4.78, 5) is 0. The summed E-state index contributed by atoms with van der Waals surface area (Å²) in [5.41, 5.74) is 0.504. The molecule has 0 aliphatic carbocycles. The molecule has 2 heteroatoms. The summed E-state index contributed by atoms with van der Waals surface area (Å²) in [5.74, 6) is 0.748. The van der Waals surface area contributed by atoms with E-state index in [1.165, 1.54) is 12.8 Å². The smallest absolute Gasteiger partial charge is 0.0348 e. The van der Waals surface area contributed by atoms with Gasteiger partial charge in [-0.25, -0.2) is 0 Å². The topological polar surface area (TPSA) is 24.1 Å². The van der Waals surface area contributed by atoms with Crippen LogP contribution in [0.25, 0.3) is 0 Å². The van der Waals surface area contributed by atoms with Crippen LogP contribution in [0, 0.1) is 11.3 Å². The Kier molecular flexibility index (Phi) is 1.39. The van der Waals surface area contributed by atoms with Crippen molar-refractivity contribution in [1.29, 1.82) is 0 Å². The number of nitrogens with one attached hydrogen (secondary N) is 2. The molecule has 3 aliphatic rings. The molecule has 0 saturated carbocycles. The average Bonchev–Trinajstić information content (AvgIpc) is 2.58. The Labute approximate surface area is 79.8 Å². The predicted molar refractivity (Wildman–Crippen MR) is 53.3 cm³/mol. The van der Waals surface area contributed by atoms with Crippen molar-refractivity contribution in [2.24, 2.45) is 11.3 Å². The van der Waals surface area contributed by atoms with E-state index in [0.717, 1.165) is 24.0 Å². The van der Waals surface area contributed by atoms with Crippen LogP contribution in [-0.4, -0.2) is 18.1 Å². The second-order valence-corrected chi connectivity index (χ2v) is 5.46. The number of rotatable bonds is 0. The van der Waals surface area contributed by atoms with Gasteiger partial charge in [0.15, 0.2) is 0 Å². The third kappa shape index (κ3) is 0.983. The molecular formula is C11H18N2. The van der Waals surface area contributed by atoms with Crippen LogP contribution in [0.3, 0.4) is 0 Å². The lowest BCUT2D eigenvalue weighted by Gasteiger charge is -2.34. The van der Waals surface area contributed by atoms with Crippen LogP contribution in [0.15, 0.2) is 12.3 Å². The fourth-order valence-electron chi connectivity index (χ4n) is 3.32. The molecular weight excluding hydrogens is 160 g/mol. The quantitative estimate of drug-likeness (QED) is 0.583. The molecule has 2 N–H and O–H groups in total. The second-order valence-electron chi connectivity index (χ2n) is 5.46. The van der Waals surface area contributed by atoms with E-state index in [9.17, 15) is 0 Å². The van der Waals surface area contributed by atoms with Crippen LogP contribution >= 0.6 is 0 Å². The first-order valence-corrected chi connectivity index (χ1v) is 5.36. The van der Waals surface area contributed by atoms with Gasteiger partial charge in [0.25, 0.3) is 0 Å². The van der Waals surface area contributed by atoms with Gasteiger partial charge in [-0.15, -0.1) is 0 Å².